The highest BCUT2D eigenvalue weighted by Gasteiger charge is 2.06. The summed E-state index contributed by atoms with van der Waals surface area (Å²) >= 11 is 6.55. The van der Waals surface area contributed by atoms with Gasteiger partial charge in [0.05, 0.1) is 0 Å². The maximum atomic E-state index is 10.8. The van der Waals surface area contributed by atoms with Gasteiger partial charge < -0.3 is 4.74 Å². The first-order chi connectivity index (χ1) is 6.26. The van der Waals surface area contributed by atoms with Crippen molar-refractivity contribution in [2.24, 2.45) is 0 Å². The van der Waals surface area contributed by atoms with Crippen LogP contribution in [0.25, 0.3) is 0 Å². The van der Waals surface area contributed by atoms with Gasteiger partial charge in [-0.2, -0.15) is 0 Å². The second-order valence-corrected chi connectivity index (χ2v) is 3.45. The van der Waals surface area contributed by atoms with Crippen LogP contribution in [0.3, 0.4) is 0 Å². The van der Waals surface area contributed by atoms with Crippen molar-refractivity contribution in [1.29, 1.82) is 0 Å². The fourth-order valence-electron chi connectivity index (χ4n) is 0.639. The summed E-state index contributed by atoms with van der Waals surface area (Å²) in [6, 6.07) is 0. The third kappa shape index (κ3) is 3.25. The van der Waals surface area contributed by atoms with Gasteiger partial charge >= 0.3 is 0 Å². The molecule has 1 aromatic heterocycles. The first kappa shape index (κ1) is 10.4. The number of ether oxygens (including phenoxy) is 1. The van der Waals surface area contributed by atoms with Crippen molar-refractivity contribution in [3.63, 3.8) is 0 Å². The first-order valence-corrected chi connectivity index (χ1v) is 4.78. The molecule has 5 nitrogen and oxygen atoms in total. The number of halogens is 1. The van der Waals surface area contributed by atoms with Gasteiger partial charge in [0.2, 0.25) is 11.0 Å². The molecule has 0 fully saturated rings. The van der Waals surface area contributed by atoms with Gasteiger partial charge in [-0.3, -0.25) is 10.1 Å². The quantitative estimate of drug-likeness (QED) is 0.766. The number of aromatic nitrogens is 2. The lowest BCUT2D eigenvalue weighted by Crippen LogP contribution is -2.12. The SMILES string of the molecule is COCc1nnc(NC(=O)CCl)s1. The Kier molecular flexibility index (Phi) is 4.07. The van der Waals surface area contributed by atoms with E-state index in [4.69, 9.17) is 16.3 Å². The van der Waals surface area contributed by atoms with E-state index in [-0.39, 0.29) is 11.8 Å². The molecule has 0 saturated carbocycles. The summed E-state index contributed by atoms with van der Waals surface area (Å²) in [5, 5.41) is 11.1. The topological polar surface area (TPSA) is 64.1 Å². The summed E-state index contributed by atoms with van der Waals surface area (Å²) in [5.74, 6) is -0.374. The molecule has 7 heteroatoms. The molecule has 0 saturated heterocycles. The molecule has 1 N–H and O–H groups in total. The van der Waals surface area contributed by atoms with Crippen molar-refractivity contribution < 1.29 is 9.53 Å². The van der Waals surface area contributed by atoms with Crippen molar-refractivity contribution >= 4 is 34.0 Å². The molecule has 0 aliphatic carbocycles. The highest BCUT2D eigenvalue weighted by Crippen LogP contribution is 2.15. The Balaban J connectivity index is 2.53. The number of methoxy groups -OCH3 is 1. The Morgan fingerprint density at radius 1 is 1.69 bits per heavy atom. The van der Waals surface area contributed by atoms with Gasteiger partial charge in [-0.25, -0.2) is 0 Å². The van der Waals surface area contributed by atoms with Gasteiger partial charge in [-0.15, -0.1) is 21.8 Å². The zero-order chi connectivity index (χ0) is 9.68. The van der Waals surface area contributed by atoms with Crippen LogP contribution < -0.4 is 5.32 Å². The van der Waals surface area contributed by atoms with Gasteiger partial charge in [-0.1, -0.05) is 11.3 Å². The lowest BCUT2D eigenvalue weighted by Gasteiger charge is -1.93. The normalized spacial score (nSPS) is 10.0. The number of hydrogen-bond donors (Lipinski definition) is 1. The van der Waals surface area contributed by atoms with Crippen LogP contribution in [-0.2, 0) is 16.1 Å². The zero-order valence-electron chi connectivity index (χ0n) is 6.91. The number of carbonyl (C=O) groups is 1. The smallest absolute Gasteiger partial charge is 0.241 e. The molecule has 0 spiro atoms. The summed E-state index contributed by atoms with van der Waals surface area (Å²) in [5.41, 5.74) is 0. The Labute approximate surface area is 84.1 Å². The monoisotopic (exact) mass is 221 g/mol. The van der Waals surface area contributed by atoms with E-state index in [2.05, 4.69) is 15.5 Å². The molecule has 1 rings (SSSR count). The molecule has 1 aromatic rings. The Hall–Kier alpha value is -0.720. The fraction of sp³-hybridized carbons (Fsp3) is 0.500. The molecule has 0 aromatic carbocycles. The lowest BCUT2D eigenvalue weighted by molar-refractivity contribution is -0.113. The Morgan fingerprint density at radius 2 is 2.46 bits per heavy atom. The third-order valence-electron chi connectivity index (χ3n) is 1.10. The minimum atomic E-state index is -0.290. The number of nitrogens with zero attached hydrogens (tertiary/aromatic N) is 2. The van der Waals surface area contributed by atoms with E-state index in [0.29, 0.717) is 16.7 Å². The highest BCUT2D eigenvalue weighted by atomic mass is 35.5. The summed E-state index contributed by atoms with van der Waals surface area (Å²) in [7, 11) is 1.57. The fourth-order valence-corrected chi connectivity index (χ4v) is 1.43. The molecule has 0 bridgehead atoms. The van der Waals surface area contributed by atoms with Crippen molar-refractivity contribution in [3.05, 3.63) is 5.01 Å². The molecule has 13 heavy (non-hydrogen) atoms. The van der Waals surface area contributed by atoms with Crippen LogP contribution >= 0.6 is 22.9 Å². The molecule has 0 atom stereocenters. The summed E-state index contributed by atoms with van der Waals surface area (Å²) in [6.45, 7) is 0.397. The molecular weight excluding hydrogens is 214 g/mol. The lowest BCUT2D eigenvalue weighted by atomic mass is 10.7. The molecule has 0 radical (unpaired) electrons. The van der Waals surface area contributed by atoms with Gasteiger partial charge in [0.1, 0.15) is 17.5 Å². The molecular formula is C6H8ClN3O2S. The van der Waals surface area contributed by atoms with Crippen molar-refractivity contribution in [3.8, 4) is 0 Å². The average Bonchev–Trinajstić information content (AvgIpc) is 2.53. The van der Waals surface area contributed by atoms with Crippen molar-refractivity contribution in [2.45, 2.75) is 6.61 Å². The maximum Gasteiger partial charge on any atom is 0.241 e. The second kappa shape index (κ2) is 5.11. The van der Waals surface area contributed by atoms with Crippen LogP contribution in [0.2, 0.25) is 0 Å². The third-order valence-corrected chi connectivity index (χ3v) is 2.16. The number of carbonyl (C=O) groups excluding carboxylic acids is 1. The number of rotatable bonds is 4. The van der Waals surface area contributed by atoms with E-state index in [1.807, 2.05) is 0 Å². The standard InChI is InChI=1S/C6H8ClN3O2S/c1-12-3-5-9-10-6(13-5)8-4(11)2-7/h2-3H2,1H3,(H,8,10,11). The van der Waals surface area contributed by atoms with Crippen LogP contribution in [-0.4, -0.2) is 29.1 Å². The minimum Gasteiger partial charge on any atom is -0.377 e. The van der Waals surface area contributed by atoms with E-state index in [1.165, 1.54) is 11.3 Å². The number of amides is 1. The van der Waals surface area contributed by atoms with Crippen LogP contribution in [0.4, 0.5) is 5.13 Å². The predicted molar refractivity (Wildman–Crippen MR) is 50.0 cm³/mol. The van der Waals surface area contributed by atoms with Gasteiger partial charge in [0.15, 0.2) is 0 Å². The molecule has 1 heterocycles. The van der Waals surface area contributed by atoms with Gasteiger partial charge in [-0.05, 0) is 0 Å². The van der Waals surface area contributed by atoms with Gasteiger partial charge in [0.25, 0.3) is 0 Å². The summed E-state index contributed by atoms with van der Waals surface area (Å²) in [6.07, 6.45) is 0. The zero-order valence-corrected chi connectivity index (χ0v) is 8.48. The highest BCUT2D eigenvalue weighted by molar-refractivity contribution is 7.15. The van der Waals surface area contributed by atoms with E-state index in [0.717, 1.165) is 0 Å². The molecule has 0 aliphatic rings. The van der Waals surface area contributed by atoms with Crippen molar-refractivity contribution in [2.75, 3.05) is 18.3 Å². The van der Waals surface area contributed by atoms with E-state index < -0.39 is 0 Å². The second-order valence-electron chi connectivity index (χ2n) is 2.12. The number of hydrogen-bond acceptors (Lipinski definition) is 5. The van der Waals surface area contributed by atoms with Crippen LogP contribution in [0.5, 0.6) is 0 Å². The van der Waals surface area contributed by atoms with E-state index in [9.17, 15) is 4.79 Å². The molecule has 1 amide bonds. The van der Waals surface area contributed by atoms with Crippen LogP contribution in [0.1, 0.15) is 5.01 Å². The molecule has 72 valence electrons. The van der Waals surface area contributed by atoms with Gasteiger partial charge in [0, 0.05) is 7.11 Å². The van der Waals surface area contributed by atoms with E-state index in [1.54, 1.807) is 7.11 Å². The van der Waals surface area contributed by atoms with E-state index >= 15 is 0 Å². The first-order valence-electron chi connectivity index (χ1n) is 3.43. The van der Waals surface area contributed by atoms with Crippen molar-refractivity contribution in [1.82, 2.24) is 10.2 Å². The van der Waals surface area contributed by atoms with Crippen LogP contribution in [0.15, 0.2) is 0 Å². The number of anilines is 1. The predicted octanol–water partition coefficient (Wildman–Crippen LogP) is 0.862. The Morgan fingerprint density at radius 3 is 3.08 bits per heavy atom. The minimum absolute atomic E-state index is 0.0841. The maximum absolute atomic E-state index is 10.8. The largest absolute Gasteiger partial charge is 0.377 e. The molecule has 0 unspecified atom stereocenters. The molecule has 0 aliphatic heterocycles. The summed E-state index contributed by atoms with van der Waals surface area (Å²) in [4.78, 5) is 10.8. The number of nitrogens with one attached hydrogen (secondary N) is 1. The number of alkyl halides is 1. The van der Waals surface area contributed by atoms with Crippen LogP contribution in [0, 0.1) is 0 Å². The average molecular weight is 222 g/mol. The Bertz CT molecular complexity index is 291. The summed E-state index contributed by atoms with van der Waals surface area (Å²) < 4.78 is 4.84.